The summed E-state index contributed by atoms with van der Waals surface area (Å²) in [6, 6.07) is 0. The Morgan fingerprint density at radius 1 is 0.595 bits per heavy atom. The summed E-state index contributed by atoms with van der Waals surface area (Å²) < 4.78 is 0. The smallest absolute Gasteiger partial charge is 0.221 e. The fourth-order valence-electron chi connectivity index (χ4n) is 1.63. The molecule has 17 heteroatoms. The van der Waals surface area contributed by atoms with Crippen LogP contribution in [0.2, 0.25) is 0 Å². The molecule has 37 heavy (non-hydrogen) atoms. The van der Waals surface area contributed by atoms with E-state index in [-0.39, 0.29) is 41.9 Å². The van der Waals surface area contributed by atoms with Crippen molar-refractivity contribution in [3.05, 3.63) is 0 Å². The van der Waals surface area contributed by atoms with Gasteiger partial charge in [-0.15, -0.1) is 59.6 Å². The lowest BCUT2D eigenvalue weighted by Crippen LogP contribution is -2.26. The Labute approximate surface area is 271 Å². The molecule has 0 rings (SSSR count). The highest BCUT2D eigenvalue weighted by Gasteiger charge is 2.01. The zero-order valence-electron chi connectivity index (χ0n) is 20.9. The van der Waals surface area contributed by atoms with Crippen molar-refractivity contribution >= 4 is 131 Å². The molecule has 0 bridgehead atoms. The summed E-state index contributed by atoms with van der Waals surface area (Å²) >= 11 is 21.2. The predicted molar refractivity (Wildman–Crippen MR) is 179 cm³/mol. The van der Waals surface area contributed by atoms with Crippen molar-refractivity contribution in [1.82, 2.24) is 10.6 Å². The lowest BCUT2D eigenvalue weighted by Gasteiger charge is -2.05. The highest BCUT2D eigenvalue weighted by molar-refractivity contribution is 8.77. The van der Waals surface area contributed by atoms with Crippen LogP contribution in [0.15, 0.2) is 0 Å². The molecular formula is C20H42Cl6N4O3S4. The van der Waals surface area contributed by atoms with Gasteiger partial charge in [0.1, 0.15) is 0 Å². The van der Waals surface area contributed by atoms with Crippen LogP contribution in [-0.2, 0) is 14.4 Å². The summed E-state index contributed by atoms with van der Waals surface area (Å²) in [5.41, 5.74) is 10.5. The quantitative estimate of drug-likeness (QED) is 0.0522. The molecule has 0 fully saturated rings. The third-order valence-electron chi connectivity index (χ3n) is 3.17. The summed E-state index contributed by atoms with van der Waals surface area (Å²) in [7, 11) is 6.96. The molecule has 0 aromatic heterocycles. The normalized spacial score (nSPS) is 9.35. The van der Waals surface area contributed by atoms with E-state index in [0.717, 1.165) is 48.9 Å². The standard InChI is InChI=1S/C12H22Cl2N2O2S2.C4H6Cl2O.C4H12N2S2.2ClH/c13-5-1-3-11(17)15-7-9-19-20-10-8-16-12(18)4-2-6-14;5-3-1-2-4(6)7;5-1-3-7-8-4-2-6;;/h1-10H2,(H,15,17)(H,16,18);1-3H2;1-6H2;2*1H. The minimum absolute atomic E-state index is 0. The van der Waals surface area contributed by atoms with Crippen molar-refractivity contribution in [1.29, 1.82) is 0 Å². The van der Waals surface area contributed by atoms with E-state index in [4.69, 9.17) is 57.9 Å². The number of amides is 2. The second-order valence-electron chi connectivity index (χ2n) is 6.30. The molecule has 0 unspecified atom stereocenters. The maximum atomic E-state index is 11.3. The summed E-state index contributed by atoms with van der Waals surface area (Å²) in [5.74, 6) is 5.46. The number of nitrogens with two attached hydrogens (primary N) is 2. The highest BCUT2D eigenvalue weighted by atomic mass is 35.5. The van der Waals surface area contributed by atoms with Crippen molar-refractivity contribution in [2.45, 2.75) is 38.5 Å². The van der Waals surface area contributed by atoms with Crippen molar-refractivity contribution < 1.29 is 14.4 Å². The number of hydrogen-bond donors (Lipinski definition) is 4. The summed E-state index contributed by atoms with van der Waals surface area (Å²) in [6.07, 6.45) is 3.51. The van der Waals surface area contributed by atoms with Gasteiger partial charge in [-0.05, 0) is 30.9 Å². The molecule has 7 nitrogen and oxygen atoms in total. The van der Waals surface area contributed by atoms with Gasteiger partial charge >= 0.3 is 0 Å². The number of alkyl halides is 3. The highest BCUT2D eigenvalue weighted by Crippen LogP contribution is 2.19. The molecule has 0 aromatic rings. The molecular weight excluding hydrogens is 685 g/mol. The van der Waals surface area contributed by atoms with Crippen LogP contribution in [0.5, 0.6) is 0 Å². The van der Waals surface area contributed by atoms with E-state index in [9.17, 15) is 14.4 Å². The van der Waals surface area contributed by atoms with E-state index >= 15 is 0 Å². The fourth-order valence-corrected chi connectivity index (χ4v) is 5.69. The maximum absolute atomic E-state index is 11.3. The van der Waals surface area contributed by atoms with Crippen LogP contribution in [-0.4, -0.2) is 83.9 Å². The van der Waals surface area contributed by atoms with Crippen molar-refractivity contribution in [2.24, 2.45) is 11.5 Å². The first-order valence-electron chi connectivity index (χ1n) is 11.2. The number of halogens is 6. The van der Waals surface area contributed by atoms with E-state index < -0.39 is 0 Å². The van der Waals surface area contributed by atoms with E-state index in [0.29, 0.717) is 56.4 Å². The Balaban J connectivity index is -0.000000166. The third-order valence-corrected chi connectivity index (χ3v) is 9.04. The number of rotatable bonds is 21. The largest absolute Gasteiger partial charge is 0.355 e. The first-order valence-corrected chi connectivity index (χ1v) is 18.1. The molecule has 0 aliphatic rings. The van der Waals surface area contributed by atoms with Gasteiger partial charge < -0.3 is 22.1 Å². The Morgan fingerprint density at radius 2 is 0.919 bits per heavy atom. The third kappa shape index (κ3) is 54.4. The van der Waals surface area contributed by atoms with Gasteiger partial charge in [-0.1, -0.05) is 43.2 Å². The maximum Gasteiger partial charge on any atom is 0.221 e. The fraction of sp³-hybridized carbons (Fsp3) is 0.850. The van der Waals surface area contributed by atoms with E-state index in [1.165, 1.54) is 0 Å². The van der Waals surface area contributed by atoms with Crippen LogP contribution < -0.4 is 22.1 Å². The van der Waals surface area contributed by atoms with Gasteiger partial charge in [-0.25, -0.2) is 0 Å². The van der Waals surface area contributed by atoms with Crippen LogP contribution in [0.1, 0.15) is 38.5 Å². The summed E-state index contributed by atoms with van der Waals surface area (Å²) in [4.78, 5) is 32.4. The van der Waals surface area contributed by atoms with Gasteiger partial charge in [0.15, 0.2) is 0 Å². The van der Waals surface area contributed by atoms with Crippen LogP contribution in [0, 0.1) is 0 Å². The monoisotopic (exact) mass is 724 g/mol. The molecule has 0 heterocycles. The zero-order chi connectivity index (χ0) is 27.0. The van der Waals surface area contributed by atoms with Crippen molar-refractivity contribution in [3.8, 4) is 0 Å². The minimum atomic E-state index is -0.305. The molecule has 0 aliphatic heterocycles. The van der Waals surface area contributed by atoms with Crippen LogP contribution in [0.25, 0.3) is 0 Å². The van der Waals surface area contributed by atoms with E-state index in [1.807, 2.05) is 0 Å². The first-order chi connectivity index (χ1) is 16.9. The van der Waals surface area contributed by atoms with Gasteiger partial charge in [0.05, 0.1) is 0 Å². The van der Waals surface area contributed by atoms with E-state index in [2.05, 4.69) is 10.6 Å². The lowest BCUT2D eigenvalue weighted by molar-refractivity contribution is -0.121. The van der Waals surface area contributed by atoms with Gasteiger partial charge in [0, 0.05) is 86.1 Å². The minimum Gasteiger partial charge on any atom is -0.355 e. The van der Waals surface area contributed by atoms with Gasteiger partial charge in [-0.3, -0.25) is 14.4 Å². The Bertz CT molecular complexity index is 465. The molecule has 2 amide bonds. The zero-order valence-corrected chi connectivity index (χ0v) is 28.8. The first kappa shape index (κ1) is 48.4. The molecule has 0 aliphatic carbocycles. The molecule has 0 atom stereocenters. The molecule has 0 saturated heterocycles. The van der Waals surface area contributed by atoms with Crippen molar-refractivity contribution in [2.75, 3.05) is 66.8 Å². The predicted octanol–water partition coefficient (Wildman–Crippen LogP) is 5.54. The van der Waals surface area contributed by atoms with Crippen LogP contribution in [0.3, 0.4) is 0 Å². The second kappa shape index (κ2) is 44.7. The molecule has 0 aromatic carbocycles. The Morgan fingerprint density at radius 3 is 1.19 bits per heavy atom. The second-order valence-corrected chi connectivity index (χ2v) is 13.3. The number of carbonyl (C=O) groups excluding carboxylic acids is 3. The number of nitrogens with one attached hydrogen (secondary N) is 2. The number of hydrogen-bond acceptors (Lipinski definition) is 9. The molecule has 226 valence electrons. The number of carbonyl (C=O) groups is 3. The Kier molecular flexibility index (Phi) is 58.5. The van der Waals surface area contributed by atoms with Gasteiger partial charge in [0.2, 0.25) is 17.1 Å². The topological polar surface area (TPSA) is 127 Å². The van der Waals surface area contributed by atoms with Crippen LogP contribution >= 0.6 is 114 Å². The molecule has 0 saturated carbocycles. The lowest BCUT2D eigenvalue weighted by atomic mass is 10.3. The average molecular weight is 728 g/mol. The average Bonchev–Trinajstić information content (AvgIpc) is 2.85. The molecule has 0 radical (unpaired) electrons. The molecule has 0 spiro atoms. The SMILES string of the molecule is Cl.Cl.NCCSSCCN.O=C(CCCCl)NCCSSCCNC(=O)CCCCl.O=C(Cl)CCCCl. The Hall–Kier alpha value is 1.67. The van der Waals surface area contributed by atoms with Gasteiger partial charge in [0.25, 0.3) is 0 Å². The van der Waals surface area contributed by atoms with Crippen molar-refractivity contribution in [3.63, 3.8) is 0 Å². The van der Waals surface area contributed by atoms with Crippen LogP contribution in [0.4, 0.5) is 0 Å². The van der Waals surface area contributed by atoms with Gasteiger partial charge in [-0.2, -0.15) is 0 Å². The van der Waals surface area contributed by atoms with E-state index in [1.54, 1.807) is 43.2 Å². The molecule has 6 N–H and O–H groups in total. The summed E-state index contributed by atoms with van der Waals surface area (Å²) in [5, 5.41) is 5.37. The summed E-state index contributed by atoms with van der Waals surface area (Å²) in [6.45, 7) is 2.87.